The van der Waals surface area contributed by atoms with Crippen molar-refractivity contribution in [3.63, 3.8) is 0 Å². The van der Waals surface area contributed by atoms with E-state index >= 15 is 0 Å². The highest BCUT2D eigenvalue weighted by molar-refractivity contribution is 6.30. The van der Waals surface area contributed by atoms with E-state index in [1.165, 1.54) is 5.56 Å². The summed E-state index contributed by atoms with van der Waals surface area (Å²) in [6.45, 7) is 3.89. The summed E-state index contributed by atoms with van der Waals surface area (Å²) in [5, 5.41) is 0.483. The van der Waals surface area contributed by atoms with Crippen LogP contribution < -0.4 is 0 Å². The number of nitrogens with zero attached hydrogens (tertiary/aromatic N) is 2. The normalized spacial score (nSPS) is 10.7. The fraction of sp³-hybridized carbons (Fsp3) is 0.200. The van der Waals surface area contributed by atoms with Crippen LogP contribution in [0.1, 0.15) is 11.3 Å². The Balaban J connectivity index is 2.81. The molecule has 1 aromatic heterocycles. The Hall–Kier alpha value is -1.15. The second-order valence-corrected chi connectivity index (χ2v) is 3.45. The molecule has 3 heteroatoms. The summed E-state index contributed by atoms with van der Waals surface area (Å²) >= 11 is 5.85. The highest BCUT2D eigenvalue weighted by Gasteiger charge is 2.01. The molecule has 0 unspecified atom stereocenters. The van der Waals surface area contributed by atoms with Gasteiger partial charge in [0.25, 0.3) is 0 Å². The molecule has 1 heterocycles. The van der Waals surface area contributed by atoms with Crippen LogP contribution in [0.25, 0.3) is 11.0 Å². The summed E-state index contributed by atoms with van der Waals surface area (Å²) in [5.41, 5.74) is 3.71. The maximum absolute atomic E-state index is 5.85. The first kappa shape index (κ1) is 8.45. The predicted molar refractivity (Wildman–Crippen MR) is 54.0 cm³/mol. The van der Waals surface area contributed by atoms with Crippen LogP contribution in [-0.4, -0.2) is 9.97 Å². The Bertz CT molecular complexity index is 466. The van der Waals surface area contributed by atoms with Gasteiger partial charge in [-0.25, -0.2) is 9.97 Å². The Morgan fingerprint density at radius 3 is 2.62 bits per heavy atom. The molecule has 0 aliphatic rings. The number of hydrogen-bond donors (Lipinski definition) is 0. The number of halogens is 1. The average Bonchev–Trinajstić information content (AvgIpc) is 2.08. The summed E-state index contributed by atoms with van der Waals surface area (Å²) < 4.78 is 0. The highest BCUT2D eigenvalue weighted by Crippen LogP contribution is 2.16. The van der Waals surface area contributed by atoms with Crippen LogP contribution in [0.4, 0.5) is 0 Å². The third kappa shape index (κ3) is 1.49. The average molecular weight is 193 g/mol. The van der Waals surface area contributed by atoms with Crippen LogP contribution in [0.3, 0.4) is 0 Å². The van der Waals surface area contributed by atoms with E-state index in [4.69, 9.17) is 11.6 Å². The van der Waals surface area contributed by atoms with Crippen molar-refractivity contribution in [2.75, 3.05) is 0 Å². The van der Waals surface area contributed by atoms with Gasteiger partial charge in [-0.3, -0.25) is 0 Å². The summed E-state index contributed by atoms with van der Waals surface area (Å²) in [6.07, 6.45) is 0. The lowest BCUT2D eigenvalue weighted by molar-refractivity contribution is 1.18. The van der Waals surface area contributed by atoms with Crippen LogP contribution in [0, 0.1) is 13.8 Å². The van der Waals surface area contributed by atoms with Gasteiger partial charge in [0, 0.05) is 0 Å². The minimum absolute atomic E-state index is 0.483. The number of fused-ring (bicyclic) bond motifs is 1. The molecule has 0 amide bonds. The predicted octanol–water partition coefficient (Wildman–Crippen LogP) is 2.90. The maximum Gasteiger partial charge on any atom is 0.150 e. The van der Waals surface area contributed by atoms with Gasteiger partial charge < -0.3 is 0 Å². The highest BCUT2D eigenvalue weighted by atomic mass is 35.5. The maximum atomic E-state index is 5.85. The van der Waals surface area contributed by atoms with Crippen molar-refractivity contribution < 1.29 is 0 Å². The van der Waals surface area contributed by atoms with E-state index in [-0.39, 0.29) is 0 Å². The molecule has 0 aliphatic heterocycles. The van der Waals surface area contributed by atoms with E-state index in [1.807, 2.05) is 32.0 Å². The Morgan fingerprint density at radius 2 is 1.85 bits per heavy atom. The smallest absolute Gasteiger partial charge is 0.150 e. The fourth-order valence-corrected chi connectivity index (χ4v) is 1.36. The summed E-state index contributed by atoms with van der Waals surface area (Å²) in [6, 6.07) is 5.94. The third-order valence-electron chi connectivity index (χ3n) is 1.94. The van der Waals surface area contributed by atoms with Crippen molar-refractivity contribution in [2.24, 2.45) is 0 Å². The molecule has 13 heavy (non-hydrogen) atoms. The SMILES string of the molecule is Cc1ccc2nc(Cl)c(C)nc2c1. The lowest BCUT2D eigenvalue weighted by Gasteiger charge is -2.00. The summed E-state index contributed by atoms with van der Waals surface area (Å²) in [7, 11) is 0. The first-order valence-corrected chi connectivity index (χ1v) is 4.45. The molecule has 1 aromatic carbocycles. The fourth-order valence-electron chi connectivity index (χ4n) is 1.23. The zero-order valence-electron chi connectivity index (χ0n) is 7.50. The Morgan fingerprint density at radius 1 is 1.08 bits per heavy atom. The van der Waals surface area contributed by atoms with Gasteiger partial charge in [-0.05, 0) is 31.5 Å². The lowest BCUT2D eigenvalue weighted by Crippen LogP contribution is -1.89. The second-order valence-electron chi connectivity index (χ2n) is 3.09. The van der Waals surface area contributed by atoms with Gasteiger partial charge in [0.05, 0.1) is 16.7 Å². The van der Waals surface area contributed by atoms with E-state index in [9.17, 15) is 0 Å². The molecule has 0 atom stereocenters. The van der Waals surface area contributed by atoms with Gasteiger partial charge >= 0.3 is 0 Å². The van der Waals surface area contributed by atoms with Crippen molar-refractivity contribution >= 4 is 22.6 Å². The molecule has 2 nitrogen and oxygen atoms in total. The molecule has 2 rings (SSSR count). The summed E-state index contributed by atoms with van der Waals surface area (Å²) in [4.78, 5) is 8.56. The largest absolute Gasteiger partial charge is 0.248 e. The number of aryl methyl sites for hydroxylation is 2. The molecule has 0 spiro atoms. The number of aromatic nitrogens is 2. The molecule has 0 saturated carbocycles. The van der Waals surface area contributed by atoms with Crippen LogP contribution >= 0.6 is 11.6 Å². The van der Waals surface area contributed by atoms with Crippen molar-refractivity contribution in [1.82, 2.24) is 9.97 Å². The van der Waals surface area contributed by atoms with Gasteiger partial charge in [0.15, 0.2) is 5.15 Å². The van der Waals surface area contributed by atoms with Crippen LogP contribution in [0.5, 0.6) is 0 Å². The monoisotopic (exact) mass is 192 g/mol. The van der Waals surface area contributed by atoms with E-state index in [0.29, 0.717) is 5.15 Å². The van der Waals surface area contributed by atoms with Crippen molar-refractivity contribution in [3.05, 3.63) is 34.6 Å². The second kappa shape index (κ2) is 2.96. The zero-order chi connectivity index (χ0) is 9.42. The molecule has 0 radical (unpaired) electrons. The van der Waals surface area contributed by atoms with Crippen molar-refractivity contribution in [2.45, 2.75) is 13.8 Å². The topological polar surface area (TPSA) is 25.8 Å². The minimum atomic E-state index is 0.483. The molecule has 0 N–H and O–H groups in total. The van der Waals surface area contributed by atoms with E-state index < -0.39 is 0 Å². The number of rotatable bonds is 0. The zero-order valence-corrected chi connectivity index (χ0v) is 8.26. The first-order chi connectivity index (χ1) is 6.16. The van der Waals surface area contributed by atoms with Crippen LogP contribution in [0.15, 0.2) is 18.2 Å². The van der Waals surface area contributed by atoms with Crippen LogP contribution in [0.2, 0.25) is 5.15 Å². The van der Waals surface area contributed by atoms with Gasteiger partial charge in [0.2, 0.25) is 0 Å². The summed E-state index contributed by atoms with van der Waals surface area (Å²) in [5.74, 6) is 0. The molecule has 66 valence electrons. The molecule has 0 bridgehead atoms. The standard InChI is InChI=1S/C10H9ClN2/c1-6-3-4-8-9(5-6)12-7(2)10(11)13-8/h3-5H,1-2H3. The van der Waals surface area contributed by atoms with E-state index in [2.05, 4.69) is 9.97 Å². The van der Waals surface area contributed by atoms with E-state index in [1.54, 1.807) is 0 Å². The quantitative estimate of drug-likeness (QED) is 0.642. The minimum Gasteiger partial charge on any atom is -0.248 e. The van der Waals surface area contributed by atoms with Gasteiger partial charge in [0.1, 0.15) is 0 Å². The third-order valence-corrected chi connectivity index (χ3v) is 2.29. The van der Waals surface area contributed by atoms with Gasteiger partial charge in [-0.1, -0.05) is 17.7 Å². The van der Waals surface area contributed by atoms with E-state index in [0.717, 1.165) is 16.7 Å². The molecule has 2 aromatic rings. The number of hydrogen-bond acceptors (Lipinski definition) is 2. The van der Waals surface area contributed by atoms with Crippen molar-refractivity contribution in [1.29, 1.82) is 0 Å². The first-order valence-electron chi connectivity index (χ1n) is 4.07. The molecule has 0 saturated heterocycles. The van der Waals surface area contributed by atoms with Crippen molar-refractivity contribution in [3.8, 4) is 0 Å². The Kier molecular flexibility index (Phi) is 1.93. The number of benzene rings is 1. The Labute approximate surface area is 81.6 Å². The molecule has 0 aliphatic carbocycles. The lowest BCUT2D eigenvalue weighted by atomic mass is 10.2. The molecule has 0 fully saturated rings. The van der Waals surface area contributed by atoms with Gasteiger partial charge in [-0.15, -0.1) is 0 Å². The van der Waals surface area contributed by atoms with Crippen LogP contribution in [-0.2, 0) is 0 Å². The molecular weight excluding hydrogens is 184 g/mol. The van der Waals surface area contributed by atoms with Gasteiger partial charge in [-0.2, -0.15) is 0 Å². The molecular formula is C10H9ClN2.